The van der Waals surface area contributed by atoms with E-state index in [4.69, 9.17) is 15.1 Å². The first-order valence-electron chi connectivity index (χ1n) is 7.36. The van der Waals surface area contributed by atoms with Gasteiger partial charge in [0.1, 0.15) is 11.6 Å². The molecule has 2 aromatic rings. The van der Waals surface area contributed by atoms with E-state index in [0.29, 0.717) is 16.9 Å². The number of carbonyl (C=O) groups excluding carboxylic acids is 1. The predicted octanol–water partition coefficient (Wildman–Crippen LogP) is 2.27. The molecular formula is C18H17FN2O3. The smallest absolute Gasteiger partial charge is 0.261 e. The third-order valence-electron chi connectivity index (χ3n) is 3.41. The van der Waals surface area contributed by atoms with Crippen molar-refractivity contribution in [3.05, 3.63) is 65.0 Å². The van der Waals surface area contributed by atoms with Crippen molar-refractivity contribution in [2.24, 2.45) is 0 Å². The minimum absolute atomic E-state index is 0.184. The maximum Gasteiger partial charge on any atom is 0.261 e. The highest BCUT2D eigenvalue weighted by molar-refractivity contribution is 5.80. The highest BCUT2D eigenvalue weighted by Gasteiger charge is 2.14. The van der Waals surface area contributed by atoms with Gasteiger partial charge in [0.2, 0.25) is 0 Å². The molecule has 0 heterocycles. The first-order valence-corrected chi connectivity index (χ1v) is 7.36. The molecular weight excluding hydrogens is 311 g/mol. The molecule has 0 radical (unpaired) electrons. The van der Waals surface area contributed by atoms with Crippen LogP contribution in [0.4, 0.5) is 4.39 Å². The molecule has 0 saturated carbocycles. The van der Waals surface area contributed by atoms with Crippen molar-refractivity contribution in [3.8, 4) is 11.8 Å². The van der Waals surface area contributed by atoms with E-state index in [1.165, 1.54) is 12.1 Å². The summed E-state index contributed by atoms with van der Waals surface area (Å²) in [6, 6.07) is 12.8. The van der Waals surface area contributed by atoms with Crippen molar-refractivity contribution in [2.45, 2.75) is 26.2 Å². The quantitative estimate of drug-likeness (QED) is 0.852. The summed E-state index contributed by atoms with van der Waals surface area (Å²) in [7, 11) is 0. The summed E-state index contributed by atoms with van der Waals surface area (Å²) in [5.41, 5.74) is 1.37. The molecule has 0 aliphatic heterocycles. The third-order valence-corrected chi connectivity index (χ3v) is 3.41. The number of aliphatic hydroxyl groups is 1. The van der Waals surface area contributed by atoms with Crippen molar-refractivity contribution < 1.29 is 19.0 Å². The van der Waals surface area contributed by atoms with Gasteiger partial charge in [-0.05, 0) is 48.9 Å². The molecule has 124 valence electrons. The molecule has 1 amide bonds. The van der Waals surface area contributed by atoms with Crippen LogP contribution in [-0.2, 0) is 17.9 Å². The number of carbonyl (C=O) groups is 1. The van der Waals surface area contributed by atoms with Crippen molar-refractivity contribution in [3.63, 3.8) is 0 Å². The topological polar surface area (TPSA) is 82.3 Å². The number of nitrogens with zero attached hydrogens (tertiary/aromatic N) is 1. The highest BCUT2D eigenvalue weighted by Crippen LogP contribution is 2.14. The number of rotatable bonds is 6. The number of hydrogen-bond donors (Lipinski definition) is 2. The number of benzene rings is 2. The van der Waals surface area contributed by atoms with Crippen LogP contribution in [0.25, 0.3) is 0 Å². The van der Waals surface area contributed by atoms with E-state index < -0.39 is 18.5 Å². The molecule has 5 nitrogen and oxygen atoms in total. The van der Waals surface area contributed by atoms with E-state index in [-0.39, 0.29) is 18.0 Å². The number of nitriles is 1. The molecule has 0 aliphatic carbocycles. The minimum atomic E-state index is -0.726. The Morgan fingerprint density at radius 3 is 2.67 bits per heavy atom. The second-order valence-corrected chi connectivity index (χ2v) is 5.20. The Kier molecular flexibility index (Phi) is 5.88. The molecule has 6 heteroatoms. The summed E-state index contributed by atoms with van der Waals surface area (Å²) in [4.78, 5) is 12.1. The zero-order chi connectivity index (χ0) is 17.5. The summed E-state index contributed by atoms with van der Waals surface area (Å²) >= 11 is 0. The van der Waals surface area contributed by atoms with E-state index in [1.807, 2.05) is 6.07 Å². The Morgan fingerprint density at radius 2 is 2.04 bits per heavy atom. The van der Waals surface area contributed by atoms with Gasteiger partial charge < -0.3 is 15.2 Å². The molecule has 1 unspecified atom stereocenters. The van der Waals surface area contributed by atoms with E-state index in [2.05, 4.69) is 5.32 Å². The van der Waals surface area contributed by atoms with Gasteiger partial charge in [-0.3, -0.25) is 4.79 Å². The summed E-state index contributed by atoms with van der Waals surface area (Å²) in [5.74, 6) is -0.319. The maximum atomic E-state index is 13.3. The Morgan fingerprint density at radius 1 is 1.33 bits per heavy atom. The van der Waals surface area contributed by atoms with Crippen molar-refractivity contribution in [1.29, 1.82) is 5.26 Å². The molecule has 0 saturated heterocycles. The lowest BCUT2D eigenvalue weighted by Gasteiger charge is -2.15. The van der Waals surface area contributed by atoms with Crippen LogP contribution in [0.1, 0.15) is 23.6 Å². The van der Waals surface area contributed by atoms with E-state index in [0.717, 1.165) is 0 Å². The summed E-state index contributed by atoms with van der Waals surface area (Å²) < 4.78 is 18.8. The fourth-order valence-electron chi connectivity index (χ4n) is 2.06. The minimum Gasteiger partial charge on any atom is -0.481 e. The van der Waals surface area contributed by atoms with Crippen molar-refractivity contribution in [2.75, 3.05) is 0 Å². The molecule has 0 aromatic heterocycles. The molecule has 2 N–H and O–H groups in total. The number of ether oxygens (including phenoxy) is 1. The largest absolute Gasteiger partial charge is 0.481 e. The lowest BCUT2D eigenvalue weighted by atomic mass is 10.1. The monoisotopic (exact) mass is 328 g/mol. The lowest BCUT2D eigenvalue weighted by molar-refractivity contribution is -0.127. The Balaban J connectivity index is 1.90. The van der Waals surface area contributed by atoms with Crippen LogP contribution >= 0.6 is 0 Å². The van der Waals surface area contributed by atoms with Crippen LogP contribution in [0.5, 0.6) is 5.75 Å². The van der Waals surface area contributed by atoms with Gasteiger partial charge in [0.15, 0.2) is 6.10 Å². The molecule has 2 aromatic carbocycles. The zero-order valence-corrected chi connectivity index (χ0v) is 13.1. The molecule has 0 aliphatic rings. The van der Waals surface area contributed by atoms with Crippen molar-refractivity contribution in [1.82, 2.24) is 5.32 Å². The standard InChI is InChI=1S/C18H17FN2O3/c1-12(24-16-5-2-13(9-20)3-6-16)18(23)21-10-14-4-7-17(19)15(8-14)11-22/h2-8,12,22H,10-11H2,1H3,(H,21,23). The molecule has 0 bridgehead atoms. The van der Waals surface area contributed by atoms with Gasteiger partial charge in [-0.15, -0.1) is 0 Å². The Hall–Kier alpha value is -2.91. The highest BCUT2D eigenvalue weighted by atomic mass is 19.1. The maximum absolute atomic E-state index is 13.3. The van der Waals surface area contributed by atoms with E-state index in [1.54, 1.807) is 37.3 Å². The van der Waals surface area contributed by atoms with Gasteiger partial charge in [-0.25, -0.2) is 4.39 Å². The lowest BCUT2D eigenvalue weighted by Crippen LogP contribution is -2.35. The summed E-state index contributed by atoms with van der Waals surface area (Å²) in [5, 5.41) is 20.5. The fourth-order valence-corrected chi connectivity index (χ4v) is 2.06. The van der Waals surface area contributed by atoms with Crippen LogP contribution in [0, 0.1) is 17.1 Å². The molecule has 1 atom stereocenters. The van der Waals surface area contributed by atoms with Gasteiger partial charge in [0.25, 0.3) is 5.91 Å². The number of aliphatic hydroxyl groups excluding tert-OH is 1. The van der Waals surface area contributed by atoms with Crippen LogP contribution in [0.15, 0.2) is 42.5 Å². The molecule has 2 rings (SSSR count). The van der Waals surface area contributed by atoms with Crippen LogP contribution in [0.2, 0.25) is 0 Å². The fraction of sp³-hybridized carbons (Fsp3) is 0.222. The summed E-state index contributed by atoms with van der Waals surface area (Å²) in [6.07, 6.45) is -0.726. The van der Waals surface area contributed by atoms with Gasteiger partial charge in [0.05, 0.1) is 18.2 Å². The first kappa shape index (κ1) is 17.4. The SMILES string of the molecule is CC(Oc1ccc(C#N)cc1)C(=O)NCc1ccc(F)c(CO)c1. The Labute approximate surface area is 139 Å². The van der Waals surface area contributed by atoms with E-state index in [9.17, 15) is 9.18 Å². The average molecular weight is 328 g/mol. The zero-order valence-electron chi connectivity index (χ0n) is 13.1. The Bertz CT molecular complexity index is 754. The van der Waals surface area contributed by atoms with E-state index >= 15 is 0 Å². The van der Waals surface area contributed by atoms with Crippen LogP contribution in [0.3, 0.4) is 0 Å². The van der Waals surface area contributed by atoms with Crippen LogP contribution in [-0.4, -0.2) is 17.1 Å². The summed E-state index contributed by atoms with van der Waals surface area (Å²) in [6.45, 7) is 1.41. The first-order chi connectivity index (χ1) is 11.5. The number of nitrogens with one attached hydrogen (secondary N) is 1. The van der Waals surface area contributed by atoms with Gasteiger partial charge in [-0.2, -0.15) is 5.26 Å². The van der Waals surface area contributed by atoms with Crippen LogP contribution < -0.4 is 10.1 Å². The van der Waals surface area contributed by atoms with Gasteiger partial charge >= 0.3 is 0 Å². The number of halogens is 1. The normalized spacial score (nSPS) is 11.4. The molecule has 0 spiro atoms. The average Bonchev–Trinajstić information content (AvgIpc) is 2.61. The van der Waals surface area contributed by atoms with Gasteiger partial charge in [-0.1, -0.05) is 6.07 Å². The number of hydrogen-bond acceptors (Lipinski definition) is 4. The third kappa shape index (κ3) is 4.54. The second-order valence-electron chi connectivity index (χ2n) is 5.20. The second kappa shape index (κ2) is 8.09. The van der Waals surface area contributed by atoms with Gasteiger partial charge in [0, 0.05) is 12.1 Å². The molecule has 0 fully saturated rings. The number of amides is 1. The van der Waals surface area contributed by atoms with Crippen molar-refractivity contribution >= 4 is 5.91 Å². The molecule has 24 heavy (non-hydrogen) atoms. The predicted molar refractivity (Wildman–Crippen MR) is 85.4 cm³/mol.